The average molecular weight is 435 g/mol. The molecule has 1 atom stereocenters. The van der Waals surface area contributed by atoms with E-state index in [1.807, 2.05) is 43.8 Å². The van der Waals surface area contributed by atoms with Crippen LogP contribution in [-0.2, 0) is 7.05 Å². The van der Waals surface area contributed by atoms with Gasteiger partial charge in [-0.25, -0.2) is 9.97 Å². The Hall–Kier alpha value is -3.88. The van der Waals surface area contributed by atoms with Crippen LogP contribution in [0.25, 0.3) is 11.1 Å². The summed E-state index contributed by atoms with van der Waals surface area (Å²) in [5, 5.41) is 7.89. The van der Waals surface area contributed by atoms with Crippen molar-refractivity contribution in [1.29, 1.82) is 0 Å². The van der Waals surface area contributed by atoms with Crippen molar-refractivity contribution in [2.24, 2.45) is 7.05 Å². The molecule has 1 amide bonds. The number of carbonyl (C=O) groups is 1. The molecule has 1 N–H and O–H groups in total. The van der Waals surface area contributed by atoms with E-state index in [1.165, 1.54) is 6.20 Å². The minimum atomic E-state index is -0.547. The molecule has 0 aliphatic rings. The molecule has 0 spiro atoms. The second kappa shape index (κ2) is 8.70. The van der Waals surface area contributed by atoms with Crippen LogP contribution in [0.2, 0.25) is 0 Å². The summed E-state index contributed by atoms with van der Waals surface area (Å²) in [7, 11) is 5.04. The molecule has 0 fully saturated rings. The molecule has 4 rings (SSSR count). The lowest BCUT2D eigenvalue weighted by molar-refractivity contribution is 0.0941. The Kier molecular flexibility index (Phi) is 5.81. The lowest BCUT2D eigenvalue weighted by Crippen LogP contribution is -2.31. The van der Waals surface area contributed by atoms with Gasteiger partial charge in [-0.3, -0.25) is 4.79 Å². The highest BCUT2D eigenvalue weighted by molar-refractivity contribution is 5.97. The first kappa shape index (κ1) is 21.4. The van der Waals surface area contributed by atoms with Gasteiger partial charge >= 0.3 is 0 Å². The predicted molar refractivity (Wildman–Crippen MR) is 118 cm³/mol. The summed E-state index contributed by atoms with van der Waals surface area (Å²) in [5.41, 5.74) is 2.34. The second-order valence-electron chi connectivity index (χ2n) is 7.75. The third-order valence-electron chi connectivity index (χ3n) is 5.27. The van der Waals surface area contributed by atoms with E-state index in [4.69, 9.17) is 14.0 Å². The molecule has 0 aliphatic heterocycles. The van der Waals surface area contributed by atoms with Gasteiger partial charge in [0, 0.05) is 31.7 Å². The number of fused-ring (bicyclic) bond motifs is 1. The highest BCUT2D eigenvalue weighted by atomic mass is 16.5. The molecule has 0 aliphatic carbocycles. The summed E-state index contributed by atoms with van der Waals surface area (Å²) in [6.45, 7) is 4.02. The molecule has 0 saturated heterocycles. The molecular formula is C23H25N5O4. The van der Waals surface area contributed by atoms with Crippen molar-refractivity contribution in [3.63, 3.8) is 0 Å². The van der Waals surface area contributed by atoms with Gasteiger partial charge in [0.15, 0.2) is 0 Å². The van der Waals surface area contributed by atoms with Crippen LogP contribution in [0.4, 0.5) is 0 Å². The fraction of sp³-hybridized carbons (Fsp3) is 0.304. The fourth-order valence-corrected chi connectivity index (χ4v) is 3.55. The first-order chi connectivity index (χ1) is 15.4. The number of carbonyl (C=O) groups excluding carboxylic acids is 1. The Morgan fingerprint density at radius 1 is 1.09 bits per heavy atom. The maximum atomic E-state index is 13.3. The van der Waals surface area contributed by atoms with Crippen molar-refractivity contribution in [3.05, 3.63) is 65.5 Å². The van der Waals surface area contributed by atoms with E-state index in [9.17, 15) is 4.79 Å². The lowest BCUT2D eigenvalue weighted by Gasteiger charge is -2.20. The summed E-state index contributed by atoms with van der Waals surface area (Å²) in [6, 6.07) is 6.68. The Labute approximate surface area is 185 Å². The third-order valence-corrected chi connectivity index (χ3v) is 5.27. The normalized spacial score (nSPS) is 12.2. The van der Waals surface area contributed by atoms with E-state index in [0.717, 1.165) is 16.6 Å². The van der Waals surface area contributed by atoms with Gasteiger partial charge < -0.3 is 23.9 Å². The van der Waals surface area contributed by atoms with Gasteiger partial charge in [0.2, 0.25) is 0 Å². The van der Waals surface area contributed by atoms with E-state index in [1.54, 1.807) is 32.5 Å². The maximum Gasteiger partial charge on any atom is 0.257 e. The number of hydrogen-bond acceptors (Lipinski definition) is 7. The summed E-state index contributed by atoms with van der Waals surface area (Å²) in [6.07, 6.45) is 4.99. The zero-order valence-electron chi connectivity index (χ0n) is 18.6. The van der Waals surface area contributed by atoms with Crippen molar-refractivity contribution in [2.45, 2.75) is 25.8 Å². The number of nitrogens with zero attached hydrogens (tertiary/aromatic N) is 4. The Bertz CT molecular complexity index is 1240. The summed E-state index contributed by atoms with van der Waals surface area (Å²) >= 11 is 0. The summed E-state index contributed by atoms with van der Waals surface area (Å²) in [5.74, 6) is 1.73. The molecule has 9 heteroatoms. The first-order valence-corrected chi connectivity index (χ1v) is 10.2. The van der Waals surface area contributed by atoms with Gasteiger partial charge in [-0.05, 0) is 29.7 Å². The number of aryl methyl sites for hydroxylation is 1. The predicted octanol–water partition coefficient (Wildman–Crippen LogP) is 3.62. The van der Waals surface area contributed by atoms with Crippen LogP contribution in [0.5, 0.6) is 11.5 Å². The van der Waals surface area contributed by atoms with Crippen LogP contribution in [0.15, 0.2) is 47.4 Å². The van der Waals surface area contributed by atoms with Crippen molar-refractivity contribution in [3.8, 4) is 11.5 Å². The quantitative estimate of drug-likeness (QED) is 0.473. The number of imidazole rings is 1. The highest BCUT2D eigenvalue weighted by Gasteiger charge is 2.24. The SMILES string of the molecule is COc1cc(OC)cc(C(NC(=O)c2cnc3onc(C(C)C)c3c2)c2nccn2C)c1. The van der Waals surface area contributed by atoms with Gasteiger partial charge in [-0.1, -0.05) is 19.0 Å². The molecule has 0 bridgehead atoms. The molecule has 0 saturated carbocycles. The number of nitrogens with one attached hydrogen (secondary N) is 1. The average Bonchev–Trinajstić information content (AvgIpc) is 3.42. The molecule has 9 nitrogen and oxygen atoms in total. The topological polar surface area (TPSA) is 104 Å². The van der Waals surface area contributed by atoms with E-state index < -0.39 is 6.04 Å². The molecule has 166 valence electrons. The van der Waals surface area contributed by atoms with Crippen molar-refractivity contribution >= 4 is 17.0 Å². The second-order valence-corrected chi connectivity index (χ2v) is 7.75. The standard InChI is InChI=1S/C23H25N5O4/c1-13(2)19-18-10-15(12-25-23(18)32-27-19)22(29)26-20(21-24-6-7-28(21)3)14-8-16(30-4)11-17(9-14)31-5/h6-13,20H,1-5H3,(H,26,29). The summed E-state index contributed by atoms with van der Waals surface area (Å²) < 4.78 is 18.0. The van der Waals surface area contributed by atoms with Crippen LogP contribution in [-0.4, -0.2) is 39.8 Å². The molecule has 0 radical (unpaired) electrons. The third kappa shape index (κ3) is 4.01. The Balaban J connectivity index is 1.74. The number of benzene rings is 1. The van der Waals surface area contributed by atoms with E-state index in [0.29, 0.717) is 28.6 Å². The first-order valence-electron chi connectivity index (χ1n) is 10.2. The molecule has 4 aromatic rings. The van der Waals surface area contributed by atoms with E-state index in [-0.39, 0.29) is 11.8 Å². The number of rotatable bonds is 7. The maximum absolute atomic E-state index is 13.3. The largest absolute Gasteiger partial charge is 0.497 e. The van der Waals surface area contributed by atoms with Gasteiger partial charge in [0.05, 0.1) is 30.9 Å². The van der Waals surface area contributed by atoms with Gasteiger partial charge in [0.1, 0.15) is 23.4 Å². The molecule has 1 unspecified atom stereocenters. The summed E-state index contributed by atoms with van der Waals surface area (Å²) in [4.78, 5) is 22.0. The monoisotopic (exact) mass is 435 g/mol. The smallest absolute Gasteiger partial charge is 0.257 e. The minimum absolute atomic E-state index is 0.140. The van der Waals surface area contributed by atoms with Crippen LogP contribution >= 0.6 is 0 Å². The Morgan fingerprint density at radius 3 is 2.41 bits per heavy atom. The van der Waals surface area contributed by atoms with Gasteiger partial charge in [-0.2, -0.15) is 0 Å². The highest BCUT2D eigenvalue weighted by Crippen LogP contribution is 2.30. The molecule has 3 heterocycles. The number of hydrogen-bond donors (Lipinski definition) is 1. The molecule has 3 aromatic heterocycles. The molecule has 1 aromatic carbocycles. The molecule has 32 heavy (non-hydrogen) atoms. The van der Waals surface area contributed by atoms with E-state index in [2.05, 4.69) is 20.4 Å². The lowest BCUT2D eigenvalue weighted by atomic mass is 10.0. The number of amides is 1. The van der Waals surface area contributed by atoms with Gasteiger partial charge in [-0.15, -0.1) is 0 Å². The van der Waals surface area contributed by atoms with E-state index >= 15 is 0 Å². The number of pyridine rings is 1. The van der Waals surface area contributed by atoms with Crippen LogP contribution < -0.4 is 14.8 Å². The molecular weight excluding hydrogens is 410 g/mol. The number of ether oxygens (including phenoxy) is 2. The number of methoxy groups -OCH3 is 2. The van der Waals surface area contributed by atoms with Gasteiger partial charge in [0.25, 0.3) is 11.6 Å². The van der Waals surface area contributed by atoms with Crippen LogP contribution in [0, 0.1) is 0 Å². The van der Waals surface area contributed by atoms with Crippen molar-refractivity contribution in [1.82, 2.24) is 25.0 Å². The zero-order valence-corrected chi connectivity index (χ0v) is 18.6. The van der Waals surface area contributed by atoms with Crippen molar-refractivity contribution in [2.75, 3.05) is 14.2 Å². The Morgan fingerprint density at radius 2 is 1.81 bits per heavy atom. The van der Waals surface area contributed by atoms with Crippen LogP contribution in [0.1, 0.15) is 53.2 Å². The number of aromatic nitrogens is 4. The minimum Gasteiger partial charge on any atom is -0.497 e. The van der Waals surface area contributed by atoms with Crippen LogP contribution in [0.3, 0.4) is 0 Å². The van der Waals surface area contributed by atoms with Crippen molar-refractivity contribution < 1.29 is 18.8 Å². The zero-order chi connectivity index (χ0) is 22.8. The fourth-order valence-electron chi connectivity index (χ4n) is 3.55.